The first-order valence-electron chi connectivity index (χ1n) is 6.84. The SMILES string of the molecule is CC(OC(=O)CCl)c1ccc2oc(C(N)=O)c(NC(=O)CCl)c2c1. The molecule has 24 heavy (non-hydrogen) atoms. The second-order valence-electron chi connectivity index (χ2n) is 4.87. The van der Waals surface area contributed by atoms with Gasteiger partial charge in [-0.25, -0.2) is 0 Å². The molecule has 9 heteroatoms. The molecule has 0 saturated heterocycles. The molecule has 1 aromatic carbocycles. The van der Waals surface area contributed by atoms with E-state index in [-0.39, 0.29) is 23.2 Å². The van der Waals surface area contributed by atoms with Gasteiger partial charge in [-0.2, -0.15) is 0 Å². The molecule has 2 amide bonds. The fraction of sp³-hybridized carbons (Fsp3) is 0.267. The lowest BCUT2D eigenvalue weighted by molar-refractivity contribution is -0.145. The largest absolute Gasteiger partial charge is 0.457 e. The fourth-order valence-corrected chi connectivity index (χ4v) is 2.27. The summed E-state index contributed by atoms with van der Waals surface area (Å²) >= 11 is 10.9. The van der Waals surface area contributed by atoms with E-state index in [9.17, 15) is 14.4 Å². The van der Waals surface area contributed by atoms with Gasteiger partial charge < -0.3 is 20.2 Å². The number of nitrogens with one attached hydrogen (secondary N) is 1. The van der Waals surface area contributed by atoms with Crippen LogP contribution in [-0.2, 0) is 14.3 Å². The summed E-state index contributed by atoms with van der Waals surface area (Å²) in [5, 5.41) is 2.93. The van der Waals surface area contributed by atoms with Crippen LogP contribution in [0.5, 0.6) is 0 Å². The lowest BCUT2D eigenvalue weighted by atomic mass is 10.1. The van der Waals surface area contributed by atoms with E-state index in [1.807, 2.05) is 0 Å². The standard InChI is InChI=1S/C15H14Cl2N2O5/c1-7(23-12(21)6-17)8-2-3-10-9(4-8)13(19-11(20)5-16)14(24-10)15(18)22/h2-4,7H,5-6H2,1H3,(H2,18,22)(H,19,20). The minimum atomic E-state index is -0.834. The Bertz CT molecular complexity index is 803. The summed E-state index contributed by atoms with van der Waals surface area (Å²) in [6.07, 6.45) is -0.579. The van der Waals surface area contributed by atoms with Crippen molar-refractivity contribution in [1.29, 1.82) is 0 Å². The van der Waals surface area contributed by atoms with E-state index in [4.69, 9.17) is 38.1 Å². The Morgan fingerprint density at radius 1 is 1.29 bits per heavy atom. The second-order valence-corrected chi connectivity index (χ2v) is 5.41. The first-order valence-corrected chi connectivity index (χ1v) is 7.91. The zero-order valence-corrected chi connectivity index (χ0v) is 14.1. The van der Waals surface area contributed by atoms with E-state index in [1.165, 1.54) is 0 Å². The number of furan rings is 1. The highest BCUT2D eigenvalue weighted by Gasteiger charge is 2.22. The summed E-state index contributed by atoms with van der Waals surface area (Å²) in [5.74, 6) is -2.67. The number of halogens is 2. The first-order chi connectivity index (χ1) is 11.4. The summed E-state index contributed by atoms with van der Waals surface area (Å²) in [5.41, 5.74) is 6.37. The predicted octanol–water partition coefficient (Wildman–Crippen LogP) is 2.55. The third kappa shape index (κ3) is 3.80. The Balaban J connectivity index is 2.49. The summed E-state index contributed by atoms with van der Waals surface area (Å²) in [4.78, 5) is 34.4. The van der Waals surface area contributed by atoms with Gasteiger partial charge in [0.05, 0.1) is 0 Å². The maximum absolute atomic E-state index is 11.6. The Morgan fingerprint density at radius 2 is 2.00 bits per heavy atom. The summed E-state index contributed by atoms with van der Waals surface area (Å²) in [6, 6.07) is 4.87. The third-order valence-electron chi connectivity index (χ3n) is 3.21. The van der Waals surface area contributed by atoms with Crippen molar-refractivity contribution in [2.75, 3.05) is 17.1 Å². The quantitative estimate of drug-likeness (QED) is 0.597. The minimum Gasteiger partial charge on any atom is -0.457 e. The third-order valence-corrected chi connectivity index (χ3v) is 3.67. The number of nitrogens with two attached hydrogens (primary N) is 1. The highest BCUT2D eigenvalue weighted by atomic mass is 35.5. The molecule has 0 aliphatic rings. The number of carbonyl (C=O) groups excluding carboxylic acids is 3. The molecule has 1 unspecified atom stereocenters. The van der Waals surface area contributed by atoms with E-state index in [0.717, 1.165) is 0 Å². The van der Waals surface area contributed by atoms with Crippen LogP contribution in [0.1, 0.15) is 29.1 Å². The number of carbonyl (C=O) groups is 3. The Morgan fingerprint density at radius 3 is 2.58 bits per heavy atom. The van der Waals surface area contributed by atoms with Gasteiger partial charge in [-0.05, 0) is 24.6 Å². The molecule has 2 aromatic rings. The van der Waals surface area contributed by atoms with Gasteiger partial charge in [0.1, 0.15) is 29.1 Å². The van der Waals surface area contributed by atoms with Gasteiger partial charge in [-0.1, -0.05) is 6.07 Å². The molecule has 1 aromatic heterocycles. The number of ether oxygens (including phenoxy) is 1. The molecule has 0 aliphatic carbocycles. The molecule has 0 saturated carbocycles. The van der Waals surface area contributed by atoms with Crippen molar-refractivity contribution in [2.24, 2.45) is 5.73 Å². The average Bonchev–Trinajstić information content (AvgIpc) is 2.92. The minimum absolute atomic E-state index is 0.126. The van der Waals surface area contributed by atoms with Gasteiger partial charge >= 0.3 is 5.97 Å². The summed E-state index contributed by atoms with van der Waals surface area (Å²) in [7, 11) is 0. The highest BCUT2D eigenvalue weighted by Crippen LogP contribution is 2.33. The van der Waals surface area contributed by atoms with Gasteiger partial charge in [-0.15, -0.1) is 23.2 Å². The highest BCUT2D eigenvalue weighted by molar-refractivity contribution is 6.29. The van der Waals surface area contributed by atoms with Crippen LogP contribution in [0.25, 0.3) is 11.0 Å². The number of hydrogen-bond acceptors (Lipinski definition) is 5. The zero-order valence-electron chi connectivity index (χ0n) is 12.6. The molecule has 0 radical (unpaired) electrons. The molecule has 2 rings (SSSR count). The van der Waals surface area contributed by atoms with Crippen molar-refractivity contribution in [1.82, 2.24) is 0 Å². The average molecular weight is 373 g/mol. The van der Waals surface area contributed by atoms with E-state index in [2.05, 4.69) is 5.32 Å². The topological polar surface area (TPSA) is 112 Å². The number of primary amides is 1. The Labute approximate surface area is 147 Å². The van der Waals surface area contributed by atoms with E-state index >= 15 is 0 Å². The maximum Gasteiger partial charge on any atom is 0.321 e. The smallest absolute Gasteiger partial charge is 0.321 e. The fourth-order valence-electron chi connectivity index (χ4n) is 2.14. The summed E-state index contributed by atoms with van der Waals surface area (Å²) in [6.45, 7) is 1.66. The van der Waals surface area contributed by atoms with Crippen LogP contribution in [0.15, 0.2) is 22.6 Å². The number of fused-ring (bicyclic) bond motifs is 1. The number of esters is 1. The normalized spacial score (nSPS) is 12.0. The van der Waals surface area contributed by atoms with Crippen molar-refractivity contribution in [3.8, 4) is 0 Å². The molecule has 7 nitrogen and oxygen atoms in total. The van der Waals surface area contributed by atoms with E-state index < -0.39 is 23.9 Å². The van der Waals surface area contributed by atoms with E-state index in [0.29, 0.717) is 16.5 Å². The molecule has 1 atom stereocenters. The van der Waals surface area contributed by atoms with E-state index in [1.54, 1.807) is 25.1 Å². The van der Waals surface area contributed by atoms with Crippen LogP contribution in [0, 0.1) is 0 Å². The number of anilines is 1. The summed E-state index contributed by atoms with van der Waals surface area (Å²) < 4.78 is 10.5. The molecule has 1 heterocycles. The lowest BCUT2D eigenvalue weighted by Crippen LogP contribution is -2.17. The van der Waals surface area contributed by atoms with Gasteiger partial charge in [0.2, 0.25) is 11.7 Å². The zero-order chi connectivity index (χ0) is 17.9. The number of benzene rings is 1. The molecular weight excluding hydrogens is 359 g/mol. The number of amides is 2. The maximum atomic E-state index is 11.6. The predicted molar refractivity (Wildman–Crippen MR) is 89.3 cm³/mol. The molecule has 0 spiro atoms. The van der Waals surface area contributed by atoms with Gasteiger partial charge in [-0.3, -0.25) is 14.4 Å². The molecule has 128 valence electrons. The number of alkyl halides is 2. The van der Waals surface area contributed by atoms with Gasteiger partial charge in [0, 0.05) is 5.39 Å². The van der Waals surface area contributed by atoms with Crippen molar-refractivity contribution >= 4 is 57.6 Å². The monoisotopic (exact) mass is 372 g/mol. The van der Waals surface area contributed by atoms with Crippen LogP contribution >= 0.6 is 23.2 Å². The second kappa shape index (κ2) is 7.55. The van der Waals surface area contributed by atoms with Gasteiger partial charge in [0.15, 0.2) is 0 Å². The lowest BCUT2D eigenvalue weighted by Gasteiger charge is -2.12. The van der Waals surface area contributed by atoms with Crippen LogP contribution in [-0.4, -0.2) is 29.5 Å². The Kier molecular flexibility index (Phi) is 5.69. The van der Waals surface area contributed by atoms with Crippen molar-refractivity contribution in [3.05, 3.63) is 29.5 Å². The molecule has 0 aliphatic heterocycles. The molecule has 0 fully saturated rings. The van der Waals surface area contributed by atoms with Crippen molar-refractivity contribution in [3.63, 3.8) is 0 Å². The molecule has 0 bridgehead atoms. The molecular formula is C15H14Cl2N2O5. The van der Waals surface area contributed by atoms with Crippen LogP contribution in [0.2, 0.25) is 0 Å². The first kappa shape index (κ1) is 18.1. The van der Waals surface area contributed by atoms with Crippen LogP contribution in [0.3, 0.4) is 0 Å². The van der Waals surface area contributed by atoms with Crippen molar-refractivity contribution < 1.29 is 23.5 Å². The van der Waals surface area contributed by atoms with Crippen LogP contribution in [0.4, 0.5) is 5.69 Å². The van der Waals surface area contributed by atoms with Crippen molar-refractivity contribution in [2.45, 2.75) is 13.0 Å². The van der Waals surface area contributed by atoms with Crippen LogP contribution < -0.4 is 11.1 Å². The molecule has 3 N–H and O–H groups in total. The number of rotatable bonds is 6. The number of hydrogen-bond donors (Lipinski definition) is 2. The Hall–Kier alpha value is -2.25. The van der Waals surface area contributed by atoms with Gasteiger partial charge in [0.25, 0.3) is 5.91 Å².